The quantitative estimate of drug-likeness (QED) is 0.237. The van der Waals surface area contributed by atoms with Gasteiger partial charge in [0.05, 0.1) is 51.4 Å². The molecule has 0 aliphatic carbocycles. The van der Waals surface area contributed by atoms with Crippen LogP contribution in [-0.4, -0.2) is 97.2 Å². The van der Waals surface area contributed by atoms with Gasteiger partial charge in [0.1, 0.15) is 12.3 Å². The normalized spacial score (nSPS) is 25.5. The van der Waals surface area contributed by atoms with E-state index in [1.807, 2.05) is 4.98 Å². The molecule has 2 aliphatic rings. The Morgan fingerprint density at radius 3 is 2.54 bits per heavy atom. The molecule has 0 radical (unpaired) electrons. The highest BCUT2D eigenvalue weighted by molar-refractivity contribution is 7.51. The summed E-state index contributed by atoms with van der Waals surface area (Å²) in [6, 6.07) is 0. The van der Waals surface area contributed by atoms with E-state index in [1.165, 1.54) is 0 Å². The van der Waals surface area contributed by atoms with Gasteiger partial charge in [-0.1, -0.05) is 20.8 Å². The molecular formula is C23H41FN3O10PSi. The minimum Gasteiger partial charge on any atom is -0.411 e. The molecule has 224 valence electrons. The topological polar surface area (TPSA) is 162 Å². The van der Waals surface area contributed by atoms with E-state index in [4.69, 9.17) is 28.1 Å². The van der Waals surface area contributed by atoms with Gasteiger partial charge in [0.2, 0.25) is 5.82 Å². The summed E-state index contributed by atoms with van der Waals surface area (Å²) in [5, 5.41) is 18.6. The Morgan fingerprint density at radius 2 is 1.92 bits per heavy atom. The molecule has 0 saturated carbocycles. The van der Waals surface area contributed by atoms with Crippen molar-refractivity contribution in [3.05, 3.63) is 32.9 Å². The highest BCUT2D eigenvalue weighted by Crippen LogP contribution is 2.53. The number of aliphatic hydroxyl groups excluding tert-OH is 2. The lowest BCUT2D eigenvalue weighted by Crippen LogP contribution is -2.46. The van der Waals surface area contributed by atoms with Gasteiger partial charge in [0.15, 0.2) is 8.32 Å². The predicted molar refractivity (Wildman–Crippen MR) is 141 cm³/mol. The maximum atomic E-state index is 14.0. The lowest BCUT2D eigenvalue weighted by atomic mass is 10.2. The van der Waals surface area contributed by atoms with Gasteiger partial charge in [-0.2, -0.15) is 4.39 Å². The first-order valence-corrected chi connectivity index (χ1v) is 17.4. The molecule has 0 aromatic carbocycles. The van der Waals surface area contributed by atoms with E-state index in [0.717, 1.165) is 10.8 Å². The first kappa shape index (κ1) is 32.3. The van der Waals surface area contributed by atoms with Gasteiger partial charge in [0, 0.05) is 19.5 Å². The van der Waals surface area contributed by atoms with Gasteiger partial charge in [-0.05, 0) is 24.6 Å². The van der Waals surface area contributed by atoms with E-state index >= 15 is 0 Å². The maximum Gasteiger partial charge on any atom is 0.408 e. The summed E-state index contributed by atoms with van der Waals surface area (Å²) >= 11 is 0. The average Bonchev–Trinajstić information content (AvgIpc) is 3.26. The summed E-state index contributed by atoms with van der Waals surface area (Å²) < 4.78 is 60.0. The number of hydrogen-bond acceptors (Lipinski definition) is 10. The molecule has 2 aliphatic heterocycles. The molecule has 13 nitrogen and oxygen atoms in total. The molecule has 0 spiro atoms. The molecule has 2 unspecified atom stereocenters. The Hall–Kier alpha value is -1.26. The minimum absolute atomic E-state index is 0.0496. The lowest BCUT2D eigenvalue weighted by molar-refractivity contribution is -0.0459. The number of hydrogen-bond donors (Lipinski definition) is 3. The van der Waals surface area contributed by atoms with E-state index in [2.05, 4.69) is 33.9 Å². The Morgan fingerprint density at radius 1 is 1.26 bits per heavy atom. The molecule has 2 fully saturated rings. The molecule has 3 heterocycles. The number of nitrogens with zero attached hydrogens (tertiary/aromatic N) is 2. The van der Waals surface area contributed by atoms with Crippen molar-refractivity contribution >= 4 is 16.1 Å². The number of morpholine rings is 1. The summed E-state index contributed by atoms with van der Waals surface area (Å²) in [6.45, 7) is 10.8. The maximum absolute atomic E-state index is 14.0. The third-order valence-electron chi connectivity index (χ3n) is 7.32. The second-order valence-electron chi connectivity index (χ2n) is 11.2. The van der Waals surface area contributed by atoms with Gasteiger partial charge in [-0.15, -0.1) is 0 Å². The standard InChI is InChI=1S/C23H41FN3O10PSi/c1-23(2,3)39(4,5)37-18-12-20(27-13-17(24)21(30)25-22(27)31)36-19(18)15-35-38(32,26-7-10-33-11-8-26)34-9-6-16(29)14-28/h13,16,18-20,28-29H,6-12,14-15H2,1-5H3,(H,25,30,31)/t16?,18-,19+,20+,38?/m0/s1. The van der Waals surface area contributed by atoms with Crippen molar-refractivity contribution in [3.63, 3.8) is 0 Å². The lowest BCUT2D eigenvalue weighted by Gasteiger charge is -2.39. The summed E-state index contributed by atoms with van der Waals surface area (Å²) in [7, 11) is -6.23. The van der Waals surface area contributed by atoms with Crippen molar-refractivity contribution in [2.45, 2.75) is 76.3 Å². The van der Waals surface area contributed by atoms with Crippen LogP contribution in [0.2, 0.25) is 18.1 Å². The third-order valence-corrected chi connectivity index (χ3v) is 13.9. The van der Waals surface area contributed by atoms with Gasteiger partial charge in [0.25, 0.3) is 5.56 Å². The number of halogens is 1. The van der Waals surface area contributed by atoms with Crippen LogP contribution in [0.3, 0.4) is 0 Å². The van der Waals surface area contributed by atoms with Gasteiger partial charge in [-0.25, -0.2) is 14.0 Å². The molecule has 16 heteroatoms. The third kappa shape index (κ3) is 8.15. The van der Waals surface area contributed by atoms with Crippen LogP contribution in [0.4, 0.5) is 4.39 Å². The molecular weight excluding hydrogens is 556 g/mol. The summed E-state index contributed by atoms with van der Waals surface area (Å²) in [4.78, 5) is 25.9. The van der Waals surface area contributed by atoms with Crippen LogP contribution in [0, 0.1) is 5.82 Å². The smallest absolute Gasteiger partial charge is 0.408 e. The van der Waals surface area contributed by atoms with E-state index in [1.54, 1.807) is 4.67 Å². The monoisotopic (exact) mass is 597 g/mol. The Kier molecular flexibility index (Phi) is 10.9. The Labute approximate surface area is 227 Å². The second-order valence-corrected chi connectivity index (χ2v) is 18.0. The van der Waals surface area contributed by atoms with Crippen LogP contribution in [-0.2, 0) is 27.5 Å². The molecule has 0 amide bonds. The summed E-state index contributed by atoms with van der Waals surface area (Å²) in [5.41, 5.74) is -1.96. The predicted octanol–water partition coefficient (Wildman–Crippen LogP) is 1.57. The van der Waals surface area contributed by atoms with E-state index in [-0.39, 0.29) is 31.1 Å². The largest absolute Gasteiger partial charge is 0.411 e. The average molecular weight is 598 g/mol. The minimum atomic E-state index is -3.88. The number of aliphatic hydroxyl groups is 2. The van der Waals surface area contributed by atoms with Crippen molar-refractivity contribution in [2.75, 3.05) is 46.1 Å². The van der Waals surface area contributed by atoms with Crippen LogP contribution in [0.5, 0.6) is 0 Å². The fourth-order valence-corrected chi connectivity index (χ4v) is 7.02. The van der Waals surface area contributed by atoms with Crippen molar-refractivity contribution in [1.29, 1.82) is 0 Å². The second kappa shape index (κ2) is 13.1. The highest BCUT2D eigenvalue weighted by Gasteiger charge is 2.47. The molecule has 1 aromatic heterocycles. The molecule has 39 heavy (non-hydrogen) atoms. The molecule has 3 rings (SSSR count). The molecule has 5 atom stereocenters. The van der Waals surface area contributed by atoms with Gasteiger partial charge >= 0.3 is 13.4 Å². The molecule has 2 saturated heterocycles. The van der Waals surface area contributed by atoms with Crippen molar-refractivity contribution in [3.8, 4) is 0 Å². The highest BCUT2D eigenvalue weighted by atomic mass is 31.2. The molecule has 3 N–H and O–H groups in total. The first-order valence-electron chi connectivity index (χ1n) is 13.0. The zero-order valence-electron chi connectivity index (χ0n) is 23.1. The SMILES string of the molecule is CC(C)(C)[Si](C)(C)O[C@H]1C[C@H](n2cc(F)c(=O)[nH]c2=O)O[C@@H]1COP(=O)(OCCC(O)CO)N1CCOCC1. The van der Waals surface area contributed by atoms with Gasteiger partial charge in [-0.3, -0.25) is 23.4 Å². The summed E-state index contributed by atoms with van der Waals surface area (Å²) in [5.74, 6) is -1.13. The van der Waals surface area contributed by atoms with Gasteiger partial charge < -0.3 is 24.1 Å². The van der Waals surface area contributed by atoms with Crippen molar-refractivity contribution in [1.82, 2.24) is 14.2 Å². The number of aromatic nitrogens is 2. The van der Waals surface area contributed by atoms with E-state index in [0.29, 0.717) is 26.3 Å². The fraction of sp³-hybridized carbons (Fsp3) is 0.826. The number of aromatic amines is 1. The number of ether oxygens (including phenoxy) is 2. The van der Waals surface area contributed by atoms with Crippen molar-refractivity contribution < 1.29 is 42.1 Å². The van der Waals surface area contributed by atoms with Crippen LogP contribution < -0.4 is 11.2 Å². The number of H-pyrrole nitrogens is 1. The zero-order valence-corrected chi connectivity index (χ0v) is 25.0. The Bertz CT molecular complexity index is 1120. The number of nitrogens with one attached hydrogen (secondary N) is 1. The first-order chi connectivity index (χ1) is 18.2. The van der Waals surface area contributed by atoms with Crippen molar-refractivity contribution in [2.24, 2.45) is 0 Å². The zero-order chi connectivity index (χ0) is 29.0. The molecule has 1 aromatic rings. The van der Waals surface area contributed by atoms with E-state index < -0.39 is 64.3 Å². The van der Waals surface area contributed by atoms with Crippen LogP contribution >= 0.6 is 7.75 Å². The fourth-order valence-electron chi connectivity index (χ4n) is 3.94. The van der Waals surface area contributed by atoms with Crippen LogP contribution in [0.15, 0.2) is 15.8 Å². The van der Waals surface area contributed by atoms with E-state index in [9.17, 15) is 23.7 Å². The van der Waals surface area contributed by atoms with Crippen LogP contribution in [0.25, 0.3) is 0 Å². The Balaban J connectivity index is 1.84. The summed E-state index contributed by atoms with van der Waals surface area (Å²) in [6.07, 6.45) is -2.37. The number of rotatable bonds is 12. The van der Waals surface area contributed by atoms with Crippen LogP contribution in [0.1, 0.15) is 39.8 Å². The molecule has 0 bridgehead atoms.